The van der Waals surface area contributed by atoms with Gasteiger partial charge in [0, 0.05) is 0 Å². The summed E-state index contributed by atoms with van der Waals surface area (Å²) in [5, 5.41) is 3.92. The molecule has 0 atom stereocenters. The highest BCUT2D eigenvalue weighted by molar-refractivity contribution is 9.10. The van der Waals surface area contributed by atoms with Crippen molar-refractivity contribution in [2.45, 2.75) is 6.92 Å². The zero-order valence-electron chi connectivity index (χ0n) is 17.5. The number of carbonyl (C=O) groups is 2. The van der Waals surface area contributed by atoms with E-state index in [-0.39, 0.29) is 12.4 Å². The van der Waals surface area contributed by atoms with Crippen molar-refractivity contribution in [3.05, 3.63) is 87.9 Å². The molecule has 1 amide bonds. The number of hydrogen-bond donors (Lipinski definition) is 1. The number of carbonyl (C=O) groups excluding carboxylic acids is 2. The zero-order chi connectivity index (χ0) is 22.9. The van der Waals surface area contributed by atoms with Gasteiger partial charge >= 0.3 is 5.97 Å². The number of nitrogens with one attached hydrogen (secondary N) is 1. The normalized spacial score (nSPS) is 10.6. The molecule has 32 heavy (non-hydrogen) atoms. The zero-order valence-corrected chi connectivity index (χ0v) is 19.1. The molecule has 0 aliphatic rings. The topological polar surface area (TPSA) is 86.2 Å². The quantitative estimate of drug-likeness (QED) is 0.214. The van der Waals surface area contributed by atoms with E-state index in [0.717, 1.165) is 10.0 Å². The van der Waals surface area contributed by atoms with Gasteiger partial charge in [-0.25, -0.2) is 10.2 Å². The largest absolute Gasteiger partial charge is 0.493 e. The van der Waals surface area contributed by atoms with Crippen LogP contribution in [0.15, 0.2) is 76.3 Å². The number of amides is 1. The molecule has 3 aromatic rings. The number of rotatable bonds is 8. The van der Waals surface area contributed by atoms with Crippen molar-refractivity contribution in [3.63, 3.8) is 0 Å². The van der Waals surface area contributed by atoms with Gasteiger partial charge in [-0.05, 0) is 70.9 Å². The summed E-state index contributed by atoms with van der Waals surface area (Å²) < 4.78 is 17.0. The minimum atomic E-state index is -0.484. The first kappa shape index (κ1) is 23.0. The molecule has 3 aromatic carbocycles. The standard InChI is InChI=1S/C24H21BrN2O5/c1-16-7-10-18(11-8-16)24(29)32-21-12-9-17(13-22(21)30-2)14-26-27-23(28)15-31-20-6-4-3-5-19(20)25/h3-14H,15H2,1-2H3,(H,27,28)/b26-14+. The van der Waals surface area contributed by atoms with E-state index in [9.17, 15) is 9.59 Å². The molecule has 7 nitrogen and oxygen atoms in total. The van der Waals surface area contributed by atoms with Gasteiger partial charge in [0.05, 0.1) is 23.4 Å². The van der Waals surface area contributed by atoms with E-state index in [1.165, 1.54) is 13.3 Å². The summed E-state index contributed by atoms with van der Waals surface area (Å²) in [7, 11) is 1.47. The maximum absolute atomic E-state index is 12.3. The van der Waals surface area contributed by atoms with Crippen molar-refractivity contribution in [3.8, 4) is 17.2 Å². The molecule has 0 saturated carbocycles. The lowest BCUT2D eigenvalue weighted by Crippen LogP contribution is -2.24. The van der Waals surface area contributed by atoms with Crippen LogP contribution in [0, 0.1) is 6.92 Å². The third-order valence-electron chi connectivity index (χ3n) is 4.28. The first-order valence-corrected chi connectivity index (χ1v) is 10.4. The summed E-state index contributed by atoms with van der Waals surface area (Å²) in [5.41, 5.74) is 4.53. The Labute approximate surface area is 194 Å². The molecule has 0 heterocycles. The lowest BCUT2D eigenvalue weighted by molar-refractivity contribution is -0.123. The van der Waals surface area contributed by atoms with E-state index < -0.39 is 11.9 Å². The third-order valence-corrected chi connectivity index (χ3v) is 4.93. The highest BCUT2D eigenvalue weighted by Gasteiger charge is 2.13. The van der Waals surface area contributed by atoms with E-state index in [4.69, 9.17) is 14.2 Å². The summed E-state index contributed by atoms with van der Waals surface area (Å²) in [5.74, 6) is 0.306. The Hall–Kier alpha value is -3.65. The lowest BCUT2D eigenvalue weighted by Gasteiger charge is -2.10. The van der Waals surface area contributed by atoms with E-state index in [0.29, 0.717) is 22.6 Å². The van der Waals surface area contributed by atoms with Crippen molar-refractivity contribution in [1.82, 2.24) is 5.43 Å². The maximum Gasteiger partial charge on any atom is 0.343 e. The van der Waals surface area contributed by atoms with E-state index in [1.807, 2.05) is 37.3 Å². The fourth-order valence-corrected chi connectivity index (χ4v) is 3.01. The van der Waals surface area contributed by atoms with Gasteiger partial charge in [0.15, 0.2) is 18.1 Å². The van der Waals surface area contributed by atoms with Gasteiger partial charge in [0.25, 0.3) is 5.91 Å². The molecule has 0 fully saturated rings. The molecular formula is C24H21BrN2O5. The molecule has 0 radical (unpaired) electrons. The van der Waals surface area contributed by atoms with Crippen LogP contribution in [0.5, 0.6) is 17.2 Å². The minimum absolute atomic E-state index is 0.183. The summed E-state index contributed by atoms with van der Waals surface area (Å²) in [6, 6.07) is 19.2. The number of aryl methyl sites for hydroxylation is 1. The molecule has 0 aliphatic carbocycles. The van der Waals surface area contributed by atoms with Gasteiger partial charge in [0.2, 0.25) is 0 Å². The molecule has 1 N–H and O–H groups in total. The first-order valence-electron chi connectivity index (χ1n) is 9.62. The van der Waals surface area contributed by atoms with Crippen molar-refractivity contribution >= 4 is 34.0 Å². The minimum Gasteiger partial charge on any atom is -0.493 e. The molecule has 0 saturated heterocycles. The number of methoxy groups -OCH3 is 1. The van der Waals surface area contributed by atoms with Gasteiger partial charge in [-0.1, -0.05) is 29.8 Å². The summed E-state index contributed by atoms with van der Waals surface area (Å²) in [6.45, 7) is 1.76. The highest BCUT2D eigenvalue weighted by atomic mass is 79.9. The predicted octanol–water partition coefficient (Wildman–Crippen LogP) is 4.51. The van der Waals surface area contributed by atoms with Crippen LogP contribution in [0.1, 0.15) is 21.5 Å². The second-order valence-corrected chi connectivity index (χ2v) is 7.53. The van der Waals surface area contributed by atoms with Crippen LogP contribution in [0.3, 0.4) is 0 Å². The van der Waals surface area contributed by atoms with Gasteiger partial charge in [-0.2, -0.15) is 5.10 Å². The molecule has 0 bridgehead atoms. The van der Waals surface area contributed by atoms with Crippen LogP contribution in [-0.2, 0) is 4.79 Å². The number of esters is 1. The first-order chi connectivity index (χ1) is 15.5. The average molecular weight is 497 g/mol. The third kappa shape index (κ3) is 6.42. The number of nitrogens with zero attached hydrogens (tertiary/aromatic N) is 1. The second-order valence-electron chi connectivity index (χ2n) is 6.68. The SMILES string of the molecule is COc1cc(/C=N/NC(=O)COc2ccccc2Br)ccc1OC(=O)c1ccc(C)cc1. The van der Waals surface area contributed by atoms with Crippen LogP contribution in [0.25, 0.3) is 0 Å². The summed E-state index contributed by atoms with van der Waals surface area (Å²) in [4.78, 5) is 24.3. The summed E-state index contributed by atoms with van der Waals surface area (Å²) in [6.07, 6.45) is 1.45. The number of halogens is 1. The maximum atomic E-state index is 12.3. The molecule has 164 valence electrons. The molecular weight excluding hydrogens is 476 g/mol. The predicted molar refractivity (Wildman–Crippen MR) is 125 cm³/mol. The lowest BCUT2D eigenvalue weighted by atomic mass is 10.1. The number of para-hydroxylation sites is 1. The Kier molecular flexibility index (Phi) is 7.99. The molecule has 3 rings (SSSR count). The smallest absolute Gasteiger partial charge is 0.343 e. The van der Waals surface area contributed by atoms with Crippen LogP contribution < -0.4 is 19.6 Å². The Morgan fingerprint density at radius 3 is 2.47 bits per heavy atom. The fourth-order valence-electron chi connectivity index (χ4n) is 2.61. The van der Waals surface area contributed by atoms with Crippen molar-refractivity contribution in [1.29, 1.82) is 0 Å². The van der Waals surface area contributed by atoms with Crippen LogP contribution in [0.2, 0.25) is 0 Å². The Morgan fingerprint density at radius 2 is 1.75 bits per heavy atom. The van der Waals surface area contributed by atoms with Crippen molar-refractivity contribution < 1.29 is 23.8 Å². The van der Waals surface area contributed by atoms with Gasteiger partial charge in [-0.15, -0.1) is 0 Å². The Morgan fingerprint density at radius 1 is 1.00 bits per heavy atom. The van der Waals surface area contributed by atoms with Crippen LogP contribution >= 0.6 is 15.9 Å². The van der Waals surface area contributed by atoms with E-state index >= 15 is 0 Å². The number of hydrogen-bond acceptors (Lipinski definition) is 6. The van der Waals surface area contributed by atoms with Gasteiger partial charge in [-0.3, -0.25) is 4.79 Å². The van der Waals surface area contributed by atoms with Gasteiger partial charge < -0.3 is 14.2 Å². The van der Waals surface area contributed by atoms with Crippen LogP contribution in [-0.4, -0.2) is 31.8 Å². The number of hydrazone groups is 1. The van der Waals surface area contributed by atoms with Crippen molar-refractivity contribution in [2.75, 3.05) is 13.7 Å². The molecule has 0 aromatic heterocycles. The molecule has 0 aliphatic heterocycles. The second kappa shape index (κ2) is 11.1. The Balaban J connectivity index is 1.57. The average Bonchev–Trinajstić information content (AvgIpc) is 2.79. The number of ether oxygens (including phenoxy) is 3. The Bertz CT molecular complexity index is 1130. The summed E-state index contributed by atoms with van der Waals surface area (Å²) >= 11 is 3.35. The van der Waals surface area contributed by atoms with Crippen molar-refractivity contribution in [2.24, 2.45) is 5.10 Å². The van der Waals surface area contributed by atoms with E-state index in [2.05, 4.69) is 26.5 Å². The van der Waals surface area contributed by atoms with E-state index in [1.54, 1.807) is 36.4 Å². The van der Waals surface area contributed by atoms with Gasteiger partial charge in [0.1, 0.15) is 5.75 Å². The molecule has 0 unspecified atom stereocenters. The number of benzene rings is 3. The molecule has 0 spiro atoms. The molecule has 8 heteroatoms. The fraction of sp³-hybridized carbons (Fsp3) is 0.125. The highest BCUT2D eigenvalue weighted by Crippen LogP contribution is 2.28. The monoisotopic (exact) mass is 496 g/mol. The van der Waals surface area contributed by atoms with Crippen LogP contribution in [0.4, 0.5) is 0 Å².